The molecule has 0 radical (unpaired) electrons. The number of rotatable bonds is 8. The van der Waals surface area contributed by atoms with Crippen molar-refractivity contribution in [2.24, 2.45) is 0 Å². The summed E-state index contributed by atoms with van der Waals surface area (Å²) in [5.41, 5.74) is 2.20. The summed E-state index contributed by atoms with van der Waals surface area (Å²) in [5, 5.41) is 13.0. The summed E-state index contributed by atoms with van der Waals surface area (Å²) in [6, 6.07) is 16.8. The van der Waals surface area contributed by atoms with Gasteiger partial charge in [-0.05, 0) is 87.4 Å². The number of aromatic amines is 1. The summed E-state index contributed by atoms with van der Waals surface area (Å²) in [7, 11) is 0. The second kappa shape index (κ2) is 11.8. The van der Waals surface area contributed by atoms with Crippen LogP contribution in [0.4, 0.5) is 4.39 Å². The lowest BCUT2D eigenvalue weighted by molar-refractivity contribution is -0.152. The number of aliphatic carboxylic acids is 1. The van der Waals surface area contributed by atoms with E-state index in [1.54, 1.807) is 37.3 Å². The molecule has 3 N–H and O–H groups in total. The van der Waals surface area contributed by atoms with Crippen molar-refractivity contribution in [3.05, 3.63) is 88.9 Å². The van der Waals surface area contributed by atoms with E-state index in [2.05, 4.69) is 10.3 Å². The number of aryl methyl sites for hydroxylation is 2. The summed E-state index contributed by atoms with van der Waals surface area (Å²) >= 11 is 0. The topological polar surface area (TPSA) is 101 Å². The van der Waals surface area contributed by atoms with Crippen LogP contribution < -0.4 is 14.8 Å². The van der Waals surface area contributed by atoms with Gasteiger partial charge in [-0.25, -0.2) is 9.18 Å². The molecule has 1 amide bonds. The van der Waals surface area contributed by atoms with Crippen LogP contribution in [-0.2, 0) is 11.3 Å². The number of amides is 1. The minimum atomic E-state index is -1.39. The average Bonchev–Trinajstić information content (AvgIpc) is 3.28. The minimum absolute atomic E-state index is 0.109. The van der Waals surface area contributed by atoms with Crippen molar-refractivity contribution in [1.29, 1.82) is 0 Å². The van der Waals surface area contributed by atoms with Crippen LogP contribution in [-0.4, -0.2) is 27.6 Å². The number of carbonyl (C=O) groups excluding carboxylic acids is 1. The van der Waals surface area contributed by atoms with Crippen molar-refractivity contribution >= 4 is 22.8 Å². The second-order valence-electron chi connectivity index (χ2n) is 9.20. The Kier molecular flexibility index (Phi) is 8.78. The molecule has 1 aromatic heterocycles. The average molecular weight is 521 g/mol. The maximum atomic E-state index is 14.3. The number of hydrogen-bond acceptors (Lipinski definition) is 4. The van der Waals surface area contributed by atoms with Gasteiger partial charge in [-0.1, -0.05) is 25.5 Å². The highest BCUT2D eigenvalue weighted by atomic mass is 19.1. The summed E-state index contributed by atoms with van der Waals surface area (Å²) in [5.74, 6) is -0.782. The Bertz CT molecular complexity index is 1460. The van der Waals surface area contributed by atoms with Crippen LogP contribution in [0.1, 0.15) is 54.9 Å². The van der Waals surface area contributed by atoms with Crippen LogP contribution in [0.2, 0.25) is 0 Å². The van der Waals surface area contributed by atoms with Gasteiger partial charge in [0.05, 0.1) is 0 Å². The third-order valence-corrected chi connectivity index (χ3v) is 5.67. The number of aromatic nitrogens is 1. The number of carboxylic acids is 1. The van der Waals surface area contributed by atoms with Crippen LogP contribution >= 0.6 is 0 Å². The Balaban J connectivity index is 0.00000195. The molecule has 0 atom stereocenters. The molecule has 3 aromatic carbocycles. The van der Waals surface area contributed by atoms with E-state index in [-0.39, 0.29) is 18.2 Å². The Morgan fingerprint density at radius 2 is 1.71 bits per heavy atom. The Hall–Kier alpha value is -4.33. The van der Waals surface area contributed by atoms with Crippen LogP contribution in [0.15, 0.2) is 60.7 Å². The number of carbonyl (C=O) groups is 2. The van der Waals surface area contributed by atoms with Gasteiger partial charge in [0.2, 0.25) is 0 Å². The first-order chi connectivity index (χ1) is 18.0. The molecule has 0 saturated carbocycles. The molecular weight excluding hydrogens is 487 g/mol. The van der Waals surface area contributed by atoms with Crippen LogP contribution in [0.25, 0.3) is 10.9 Å². The highest BCUT2D eigenvalue weighted by Gasteiger charge is 2.30. The first-order valence-electron chi connectivity index (χ1n) is 12.4. The van der Waals surface area contributed by atoms with Gasteiger partial charge < -0.3 is 24.9 Å². The lowest BCUT2D eigenvalue weighted by atomic mass is 10.1. The van der Waals surface area contributed by atoms with E-state index in [0.29, 0.717) is 28.3 Å². The fourth-order valence-electron chi connectivity index (χ4n) is 3.69. The Morgan fingerprint density at radius 3 is 2.39 bits per heavy atom. The van der Waals surface area contributed by atoms with Gasteiger partial charge in [0.25, 0.3) is 5.91 Å². The maximum Gasteiger partial charge on any atom is 0.347 e. The zero-order chi connectivity index (χ0) is 28.0. The normalized spacial score (nSPS) is 10.9. The van der Waals surface area contributed by atoms with Crippen molar-refractivity contribution in [2.75, 3.05) is 0 Å². The fraction of sp³-hybridized carbons (Fsp3) is 0.267. The lowest BCUT2D eigenvalue weighted by Crippen LogP contribution is -2.38. The van der Waals surface area contributed by atoms with E-state index in [9.17, 15) is 19.1 Å². The van der Waals surface area contributed by atoms with E-state index in [4.69, 9.17) is 9.47 Å². The molecule has 0 aliphatic rings. The number of hydrogen-bond donors (Lipinski definition) is 3. The van der Waals surface area contributed by atoms with E-state index >= 15 is 0 Å². The number of fused-ring (bicyclic) bond motifs is 1. The van der Waals surface area contributed by atoms with Gasteiger partial charge in [0.1, 0.15) is 28.8 Å². The predicted octanol–water partition coefficient (Wildman–Crippen LogP) is 6.91. The van der Waals surface area contributed by atoms with E-state index < -0.39 is 17.4 Å². The minimum Gasteiger partial charge on any atom is -0.478 e. The smallest absolute Gasteiger partial charge is 0.347 e. The molecular formula is C30H33FN2O5. The quantitative estimate of drug-likeness (QED) is 0.234. The van der Waals surface area contributed by atoms with Gasteiger partial charge in [0, 0.05) is 23.5 Å². The SMILES string of the molecule is CC.Cc1ccc2[nH]c(C(=O)NCc3cc(F)cc(Oc4ccc(OC(C)(C)C(=O)O)c(C)c4)c3)cc2c1. The predicted molar refractivity (Wildman–Crippen MR) is 146 cm³/mol. The molecule has 0 bridgehead atoms. The van der Waals surface area contributed by atoms with Gasteiger partial charge in [0.15, 0.2) is 5.60 Å². The molecule has 1 heterocycles. The number of ether oxygens (including phenoxy) is 2. The molecule has 0 aliphatic heterocycles. The van der Waals surface area contributed by atoms with Crippen molar-refractivity contribution in [1.82, 2.24) is 10.3 Å². The fourth-order valence-corrected chi connectivity index (χ4v) is 3.69. The molecule has 8 heteroatoms. The maximum absolute atomic E-state index is 14.3. The second-order valence-corrected chi connectivity index (χ2v) is 9.20. The number of H-pyrrole nitrogens is 1. The summed E-state index contributed by atoms with van der Waals surface area (Å²) in [6.07, 6.45) is 0. The molecule has 0 aliphatic carbocycles. The first-order valence-corrected chi connectivity index (χ1v) is 12.4. The number of carboxylic acid groups (broad SMARTS) is 1. The van der Waals surface area contributed by atoms with Crippen LogP contribution in [0, 0.1) is 19.7 Å². The van der Waals surface area contributed by atoms with E-state index in [0.717, 1.165) is 16.5 Å². The molecule has 4 rings (SSSR count). The van der Waals surface area contributed by atoms with E-state index in [1.807, 2.05) is 39.0 Å². The molecule has 4 aromatic rings. The van der Waals surface area contributed by atoms with Crippen LogP contribution in [0.3, 0.4) is 0 Å². The third kappa shape index (κ3) is 6.91. The highest BCUT2D eigenvalue weighted by molar-refractivity contribution is 5.98. The monoisotopic (exact) mass is 520 g/mol. The molecule has 0 unspecified atom stereocenters. The summed E-state index contributed by atoms with van der Waals surface area (Å²) in [6.45, 7) is 10.8. The molecule has 38 heavy (non-hydrogen) atoms. The first kappa shape index (κ1) is 28.2. The van der Waals surface area contributed by atoms with Crippen molar-refractivity contribution in [2.45, 2.75) is 53.7 Å². The van der Waals surface area contributed by atoms with Crippen molar-refractivity contribution in [3.8, 4) is 17.2 Å². The number of benzene rings is 3. The Labute approximate surface area is 221 Å². The summed E-state index contributed by atoms with van der Waals surface area (Å²) in [4.78, 5) is 27.0. The van der Waals surface area contributed by atoms with Crippen molar-refractivity contribution in [3.63, 3.8) is 0 Å². The molecule has 7 nitrogen and oxygen atoms in total. The van der Waals surface area contributed by atoms with Crippen molar-refractivity contribution < 1.29 is 28.6 Å². The molecule has 200 valence electrons. The largest absolute Gasteiger partial charge is 0.478 e. The molecule has 0 fully saturated rings. The third-order valence-electron chi connectivity index (χ3n) is 5.67. The number of nitrogens with one attached hydrogen (secondary N) is 2. The zero-order valence-electron chi connectivity index (χ0n) is 22.4. The highest BCUT2D eigenvalue weighted by Crippen LogP contribution is 2.30. The van der Waals surface area contributed by atoms with Gasteiger partial charge >= 0.3 is 5.97 Å². The zero-order valence-corrected chi connectivity index (χ0v) is 22.4. The van der Waals surface area contributed by atoms with Gasteiger partial charge in [-0.3, -0.25) is 4.79 Å². The number of halogens is 1. The lowest BCUT2D eigenvalue weighted by Gasteiger charge is -2.23. The Morgan fingerprint density at radius 1 is 0.974 bits per heavy atom. The van der Waals surface area contributed by atoms with Crippen LogP contribution in [0.5, 0.6) is 17.2 Å². The molecule has 0 saturated heterocycles. The summed E-state index contributed by atoms with van der Waals surface area (Å²) < 4.78 is 25.7. The van der Waals surface area contributed by atoms with Gasteiger partial charge in [-0.2, -0.15) is 0 Å². The van der Waals surface area contributed by atoms with E-state index in [1.165, 1.54) is 26.0 Å². The van der Waals surface area contributed by atoms with Gasteiger partial charge in [-0.15, -0.1) is 0 Å². The molecule has 0 spiro atoms. The standard InChI is InChI=1S/C28H27FN2O5.C2H6/c1-16-5-7-23-19(9-16)13-24(31-23)26(32)30-15-18-11-20(29)14-22(12-18)35-21-6-8-25(17(2)10-21)36-28(3,4)27(33)34;1-2/h5-14,31H,15H2,1-4H3,(H,30,32)(H,33,34);1-2H3.